The monoisotopic (exact) mass is 544 g/mol. The summed E-state index contributed by atoms with van der Waals surface area (Å²) < 4.78 is 12.8. The van der Waals surface area contributed by atoms with Crippen molar-refractivity contribution >= 4 is 40.7 Å². The summed E-state index contributed by atoms with van der Waals surface area (Å²) in [4.78, 5) is 45.5. The number of ether oxygens (including phenoxy) is 2. The molecule has 1 aromatic heterocycles. The zero-order valence-corrected chi connectivity index (χ0v) is 23.1. The van der Waals surface area contributed by atoms with Gasteiger partial charge >= 0.3 is 5.97 Å². The highest BCUT2D eigenvalue weighted by Crippen LogP contribution is 2.32. The second-order valence-corrected chi connectivity index (χ2v) is 10.5. The molecule has 2 aromatic carbocycles. The summed E-state index contributed by atoms with van der Waals surface area (Å²) in [5.41, 5.74) is 2.30. The number of hydrazone groups is 1. The van der Waals surface area contributed by atoms with E-state index in [1.54, 1.807) is 71.2 Å². The fraction of sp³-hybridized carbons (Fsp3) is 0.276. The van der Waals surface area contributed by atoms with Gasteiger partial charge in [0.05, 0.1) is 46.5 Å². The van der Waals surface area contributed by atoms with Gasteiger partial charge in [-0.25, -0.2) is 9.79 Å². The average Bonchev–Trinajstić information content (AvgIpc) is 3.38. The van der Waals surface area contributed by atoms with Crippen LogP contribution < -0.4 is 24.6 Å². The average molecular weight is 545 g/mol. The van der Waals surface area contributed by atoms with Crippen LogP contribution in [0.4, 0.5) is 5.69 Å². The fourth-order valence-corrected chi connectivity index (χ4v) is 5.73. The Hall–Kier alpha value is -4.31. The number of methoxy groups -OCH3 is 1. The van der Waals surface area contributed by atoms with Crippen LogP contribution in [0.2, 0.25) is 0 Å². The summed E-state index contributed by atoms with van der Waals surface area (Å²) in [6, 6.07) is 15.6. The lowest BCUT2D eigenvalue weighted by molar-refractivity contribution is -0.143. The summed E-state index contributed by atoms with van der Waals surface area (Å²) in [6.45, 7) is 7.04. The molecule has 0 saturated heterocycles. The second kappa shape index (κ2) is 10.5. The van der Waals surface area contributed by atoms with Crippen molar-refractivity contribution in [1.29, 1.82) is 0 Å². The van der Waals surface area contributed by atoms with Gasteiger partial charge in [-0.05, 0) is 63.6 Å². The third kappa shape index (κ3) is 4.83. The molecule has 0 fully saturated rings. The molecule has 5 rings (SSSR count). The molecule has 3 heterocycles. The molecule has 0 aliphatic carbocycles. The summed E-state index contributed by atoms with van der Waals surface area (Å²) >= 11 is 1.17. The van der Waals surface area contributed by atoms with Crippen LogP contribution in [0.1, 0.15) is 39.3 Å². The van der Waals surface area contributed by atoms with Crippen LogP contribution in [0.3, 0.4) is 0 Å². The maximum absolute atomic E-state index is 13.9. The number of nitrogens with zero attached hydrogens (tertiary/aromatic N) is 4. The van der Waals surface area contributed by atoms with E-state index in [0.717, 1.165) is 0 Å². The molecule has 10 heteroatoms. The number of carbonyl (C=O) groups excluding carboxylic acids is 2. The summed E-state index contributed by atoms with van der Waals surface area (Å²) in [5.74, 6) is -0.898. The Morgan fingerprint density at radius 1 is 1.08 bits per heavy atom. The minimum Gasteiger partial charge on any atom is -0.497 e. The van der Waals surface area contributed by atoms with Crippen molar-refractivity contribution in [3.05, 3.63) is 91.1 Å². The zero-order valence-electron chi connectivity index (χ0n) is 22.2. The molecule has 9 nitrogen and oxygen atoms in total. The number of anilines is 1. The van der Waals surface area contributed by atoms with Gasteiger partial charge in [-0.3, -0.25) is 14.2 Å². The smallest absolute Gasteiger partial charge is 0.338 e. The number of aromatic nitrogens is 1. The van der Waals surface area contributed by atoms with Gasteiger partial charge in [-0.15, -0.1) is 0 Å². The number of thiazole rings is 1. The number of fused-ring (bicyclic) bond motifs is 1. The van der Waals surface area contributed by atoms with Crippen molar-refractivity contribution < 1.29 is 19.1 Å². The highest BCUT2D eigenvalue weighted by molar-refractivity contribution is 7.07. The molecule has 2 aliphatic heterocycles. The number of benzene rings is 2. The Kier molecular flexibility index (Phi) is 7.05. The molecular weight excluding hydrogens is 516 g/mol. The molecule has 3 aromatic rings. The Bertz CT molecular complexity index is 1700. The van der Waals surface area contributed by atoms with Crippen LogP contribution in [-0.4, -0.2) is 35.4 Å². The van der Waals surface area contributed by atoms with Crippen molar-refractivity contribution in [2.75, 3.05) is 12.1 Å². The quantitative estimate of drug-likeness (QED) is 0.444. The predicted octanol–water partition coefficient (Wildman–Crippen LogP) is 3.19. The van der Waals surface area contributed by atoms with Crippen LogP contribution in [-0.2, 0) is 14.3 Å². The SMILES string of the molecule is COc1cccc([C@@H]2C(C(=O)OC(C)C)=C(C)N=c3s/c(=C\[C@@H]4C(=O)N(c5ccccc5)N=C4C)c(=O)n32)c1. The molecule has 2 aliphatic rings. The van der Waals surface area contributed by atoms with Crippen LogP contribution >= 0.6 is 11.3 Å². The highest BCUT2D eigenvalue weighted by Gasteiger charge is 2.36. The zero-order chi connectivity index (χ0) is 27.8. The van der Waals surface area contributed by atoms with Crippen molar-refractivity contribution in [2.45, 2.75) is 39.8 Å². The lowest BCUT2D eigenvalue weighted by atomic mass is 9.95. The Morgan fingerprint density at radius 2 is 1.82 bits per heavy atom. The number of hydrogen-bond donors (Lipinski definition) is 0. The van der Waals surface area contributed by atoms with E-state index in [4.69, 9.17) is 9.47 Å². The highest BCUT2D eigenvalue weighted by atomic mass is 32.1. The van der Waals surface area contributed by atoms with E-state index >= 15 is 0 Å². The van der Waals surface area contributed by atoms with Gasteiger partial charge in [-0.2, -0.15) is 10.1 Å². The number of carbonyl (C=O) groups is 2. The first-order valence-electron chi connectivity index (χ1n) is 12.5. The Labute approximate surface area is 229 Å². The number of hydrogen-bond acceptors (Lipinski definition) is 8. The van der Waals surface area contributed by atoms with E-state index < -0.39 is 17.9 Å². The molecule has 0 unspecified atom stereocenters. The maximum atomic E-state index is 13.9. The Morgan fingerprint density at radius 3 is 2.51 bits per heavy atom. The van der Waals surface area contributed by atoms with E-state index in [1.165, 1.54) is 20.9 Å². The molecule has 0 bridgehead atoms. The van der Waals surface area contributed by atoms with Gasteiger partial charge in [0, 0.05) is 0 Å². The standard InChI is InChI=1S/C29H28N4O5S/c1-16(2)38-28(36)24-18(4)30-29-32(25(24)19-10-9-13-21(14-19)37-5)27(35)23(39-29)15-22-17(3)31-33(26(22)34)20-11-7-6-8-12-20/h6-16,22,25H,1-5H3/b23-15-/t22-,25+/m0/s1. The molecule has 0 spiro atoms. The topological polar surface area (TPSA) is 103 Å². The molecule has 0 saturated carbocycles. The van der Waals surface area contributed by atoms with Gasteiger partial charge in [0.15, 0.2) is 4.80 Å². The molecule has 2 atom stereocenters. The minimum absolute atomic E-state index is 0.244. The van der Waals surface area contributed by atoms with Gasteiger partial charge < -0.3 is 9.47 Å². The number of para-hydroxylation sites is 1. The maximum Gasteiger partial charge on any atom is 0.338 e. The van der Waals surface area contributed by atoms with Crippen LogP contribution in [0.15, 0.2) is 80.8 Å². The molecular formula is C29H28N4O5S. The number of esters is 1. The van der Waals surface area contributed by atoms with E-state index in [2.05, 4.69) is 10.1 Å². The van der Waals surface area contributed by atoms with Gasteiger partial charge in [0.1, 0.15) is 11.7 Å². The number of allylic oxidation sites excluding steroid dienone is 1. The number of amides is 1. The first-order valence-corrected chi connectivity index (χ1v) is 13.3. The van der Waals surface area contributed by atoms with Crippen molar-refractivity contribution in [1.82, 2.24) is 4.57 Å². The largest absolute Gasteiger partial charge is 0.497 e. The van der Waals surface area contributed by atoms with E-state index in [1.807, 2.05) is 24.3 Å². The first-order chi connectivity index (χ1) is 18.7. The van der Waals surface area contributed by atoms with Crippen molar-refractivity contribution in [2.24, 2.45) is 16.0 Å². The summed E-state index contributed by atoms with van der Waals surface area (Å²) in [5, 5.41) is 5.80. The summed E-state index contributed by atoms with van der Waals surface area (Å²) in [6.07, 6.45) is 1.29. The Balaban J connectivity index is 1.64. The van der Waals surface area contributed by atoms with Crippen LogP contribution in [0, 0.1) is 5.92 Å². The third-order valence-electron chi connectivity index (χ3n) is 6.50. The minimum atomic E-state index is -0.778. The summed E-state index contributed by atoms with van der Waals surface area (Å²) in [7, 11) is 1.56. The third-order valence-corrected chi connectivity index (χ3v) is 7.50. The normalized spacial score (nSPS) is 19.2. The van der Waals surface area contributed by atoms with Crippen LogP contribution in [0.5, 0.6) is 5.75 Å². The molecule has 0 N–H and O–H groups in total. The van der Waals surface area contributed by atoms with E-state index in [0.29, 0.717) is 37.7 Å². The molecule has 200 valence electrons. The van der Waals surface area contributed by atoms with Gasteiger partial charge in [-0.1, -0.05) is 41.7 Å². The van der Waals surface area contributed by atoms with Crippen LogP contribution in [0.25, 0.3) is 6.08 Å². The lowest BCUT2D eigenvalue weighted by Crippen LogP contribution is -2.40. The first kappa shape index (κ1) is 26.3. The number of rotatable bonds is 6. The predicted molar refractivity (Wildman–Crippen MR) is 149 cm³/mol. The van der Waals surface area contributed by atoms with E-state index in [9.17, 15) is 14.4 Å². The van der Waals surface area contributed by atoms with Crippen molar-refractivity contribution in [3.63, 3.8) is 0 Å². The van der Waals surface area contributed by atoms with Crippen molar-refractivity contribution in [3.8, 4) is 5.75 Å². The lowest BCUT2D eigenvalue weighted by Gasteiger charge is -2.25. The van der Waals surface area contributed by atoms with Gasteiger partial charge in [0.25, 0.3) is 11.5 Å². The molecule has 39 heavy (non-hydrogen) atoms. The fourth-order valence-electron chi connectivity index (χ4n) is 4.68. The molecule has 0 radical (unpaired) electrons. The molecule has 1 amide bonds. The van der Waals surface area contributed by atoms with Gasteiger partial charge in [0.2, 0.25) is 0 Å². The second-order valence-electron chi connectivity index (χ2n) is 9.54. The van der Waals surface area contributed by atoms with E-state index in [-0.39, 0.29) is 23.1 Å².